The Balaban J connectivity index is 1.71. The van der Waals surface area contributed by atoms with Gasteiger partial charge in [0.25, 0.3) is 0 Å². The van der Waals surface area contributed by atoms with Gasteiger partial charge in [0.1, 0.15) is 0 Å². The van der Waals surface area contributed by atoms with Crippen LogP contribution >= 0.6 is 0 Å². The second-order valence-corrected chi connectivity index (χ2v) is 5.71. The van der Waals surface area contributed by atoms with Gasteiger partial charge in [0.2, 0.25) is 0 Å². The van der Waals surface area contributed by atoms with Gasteiger partial charge in [-0.25, -0.2) is 0 Å². The monoisotopic (exact) mass is 262 g/mol. The highest BCUT2D eigenvalue weighted by Crippen LogP contribution is 2.40. The molecule has 2 fully saturated rings. The molecule has 4 heteroatoms. The number of ether oxygens (including phenoxy) is 2. The predicted octanol–water partition coefficient (Wildman–Crippen LogP) is 2.06. The smallest absolute Gasteiger partial charge is 0.0729 e. The van der Waals surface area contributed by atoms with Crippen LogP contribution < -0.4 is 5.73 Å². The molecule has 0 saturated carbocycles. The van der Waals surface area contributed by atoms with Crippen molar-refractivity contribution in [2.45, 2.75) is 37.3 Å². The van der Waals surface area contributed by atoms with Crippen molar-refractivity contribution in [2.24, 2.45) is 11.7 Å². The van der Waals surface area contributed by atoms with Gasteiger partial charge in [-0.05, 0) is 43.2 Å². The van der Waals surface area contributed by atoms with Crippen LogP contribution in [0.2, 0.25) is 0 Å². The van der Waals surface area contributed by atoms with E-state index in [1.54, 1.807) is 6.20 Å². The summed E-state index contributed by atoms with van der Waals surface area (Å²) in [6.07, 6.45) is 7.77. The van der Waals surface area contributed by atoms with Crippen molar-refractivity contribution in [3.05, 3.63) is 30.1 Å². The van der Waals surface area contributed by atoms with E-state index in [4.69, 9.17) is 15.2 Å². The van der Waals surface area contributed by atoms with Gasteiger partial charge in [-0.15, -0.1) is 0 Å². The lowest BCUT2D eigenvalue weighted by atomic mass is 9.77. The standard InChI is InChI=1S/C15H22N2O2/c16-14(13-2-1-6-17-11-13)12-3-7-19-15(10-12)4-8-18-9-5-15/h1-2,6,11-12,14H,3-5,7-10,16H2. The third kappa shape index (κ3) is 2.81. The van der Waals surface area contributed by atoms with Gasteiger partial charge < -0.3 is 15.2 Å². The van der Waals surface area contributed by atoms with Gasteiger partial charge >= 0.3 is 0 Å². The summed E-state index contributed by atoms with van der Waals surface area (Å²) in [6, 6.07) is 4.10. The summed E-state index contributed by atoms with van der Waals surface area (Å²) in [5, 5.41) is 0. The van der Waals surface area contributed by atoms with Crippen molar-refractivity contribution < 1.29 is 9.47 Å². The second kappa shape index (κ2) is 5.57. The third-order valence-electron chi connectivity index (χ3n) is 4.51. The van der Waals surface area contributed by atoms with Crippen LogP contribution in [0.15, 0.2) is 24.5 Å². The fourth-order valence-corrected chi connectivity index (χ4v) is 3.31. The number of nitrogens with zero attached hydrogens (tertiary/aromatic N) is 1. The van der Waals surface area contributed by atoms with E-state index in [-0.39, 0.29) is 11.6 Å². The van der Waals surface area contributed by atoms with E-state index in [0.29, 0.717) is 5.92 Å². The molecular weight excluding hydrogens is 240 g/mol. The quantitative estimate of drug-likeness (QED) is 0.886. The Labute approximate surface area is 114 Å². The number of rotatable bonds is 2. The lowest BCUT2D eigenvalue weighted by molar-refractivity contribution is -0.149. The van der Waals surface area contributed by atoms with Crippen molar-refractivity contribution in [1.82, 2.24) is 4.98 Å². The first kappa shape index (κ1) is 13.0. The molecule has 2 N–H and O–H groups in total. The number of aromatic nitrogens is 1. The third-order valence-corrected chi connectivity index (χ3v) is 4.51. The molecule has 2 saturated heterocycles. The zero-order valence-corrected chi connectivity index (χ0v) is 11.3. The first-order valence-corrected chi connectivity index (χ1v) is 7.16. The number of hydrogen-bond acceptors (Lipinski definition) is 4. The first-order valence-electron chi connectivity index (χ1n) is 7.16. The molecule has 3 rings (SSSR count). The average Bonchev–Trinajstić information content (AvgIpc) is 2.48. The normalized spacial score (nSPS) is 28.2. The van der Waals surface area contributed by atoms with Gasteiger partial charge in [0.15, 0.2) is 0 Å². The second-order valence-electron chi connectivity index (χ2n) is 5.71. The Bertz CT molecular complexity index is 398. The van der Waals surface area contributed by atoms with Crippen molar-refractivity contribution in [1.29, 1.82) is 0 Å². The summed E-state index contributed by atoms with van der Waals surface area (Å²) in [4.78, 5) is 4.17. The van der Waals surface area contributed by atoms with Crippen molar-refractivity contribution in [2.75, 3.05) is 19.8 Å². The molecule has 1 spiro atoms. The molecular formula is C15H22N2O2. The highest BCUT2D eigenvalue weighted by Gasteiger charge is 2.40. The molecule has 2 unspecified atom stereocenters. The predicted molar refractivity (Wildman–Crippen MR) is 72.6 cm³/mol. The minimum absolute atomic E-state index is 0.0149. The summed E-state index contributed by atoms with van der Waals surface area (Å²) in [5.74, 6) is 0.482. The first-order chi connectivity index (χ1) is 9.29. The highest BCUT2D eigenvalue weighted by atomic mass is 16.5. The molecule has 2 atom stereocenters. The summed E-state index contributed by atoms with van der Waals surface area (Å²) in [5.41, 5.74) is 7.58. The summed E-state index contributed by atoms with van der Waals surface area (Å²) in [6.45, 7) is 2.45. The fraction of sp³-hybridized carbons (Fsp3) is 0.667. The van der Waals surface area contributed by atoms with E-state index in [0.717, 1.165) is 51.1 Å². The minimum Gasteiger partial charge on any atom is -0.381 e. The van der Waals surface area contributed by atoms with Crippen LogP contribution in [0.25, 0.3) is 0 Å². The SMILES string of the molecule is NC(c1cccnc1)C1CCOC2(CCOCC2)C1. The Hall–Kier alpha value is -0.970. The maximum Gasteiger partial charge on any atom is 0.0729 e. The van der Waals surface area contributed by atoms with Crippen LogP contribution in [-0.4, -0.2) is 30.4 Å². The number of nitrogens with two attached hydrogens (primary N) is 1. The Morgan fingerprint density at radius 1 is 1.32 bits per heavy atom. The molecule has 0 aromatic carbocycles. The van der Waals surface area contributed by atoms with Gasteiger partial charge in [-0.1, -0.05) is 6.07 Å². The Kier molecular flexibility index (Phi) is 3.82. The number of hydrogen-bond donors (Lipinski definition) is 1. The average molecular weight is 262 g/mol. The zero-order valence-electron chi connectivity index (χ0n) is 11.3. The van der Waals surface area contributed by atoms with E-state index >= 15 is 0 Å². The van der Waals surface area contributed by atoms with Gasteiger partial charge in [0.05, 0.1) is 5.60 Å². The van der Waals surface area contributed by atoms with Crippen LogP contribution in [0.1, 0.15) is 37.3 Å². The number of pyridine rings is 1. The largest absolute Gasteiger partial charge is 0.381 e. The molecule has 0 bridgehead atoms. The maximum atomic E-state index is 6.43. The highest BCUT2D eigenvalue weighted by molar-refractivity contribution is 5.15. The molecule has 0 aliphatic carbocycles. The van der Waals surface area contributed by atoms with E-state index in [1.807, 2.05) is 12.3 Å². The van der Waals surface area contributed by atoms with E-state index < -0.39 is 0 Å². The van der Waals surface area contributed by atoms with Crippen LogP contribution in [0.4, 0.5) is 0 Å². The van der Waals surface area contributed by atoms with Crippen LogP contribution in [0, 0.1) is 5.92 Å². The lowest BCUT2D eigenvalue weighted by Crippen LogP contribution is -2.46. The van der Waals surface area contributed by atoms with Crippen LogP contribution in [0.3, 0.4) is 0 Å². The van der Waals surface area contributed by atoms with Crippen molar-refractivity contribution in [3.8, 4) is 0 Å². The van der Waals surface area contributed by atoms with E-state index in [1.165, 1.54) is 0 Å². The molecule has 0 amide bonds. The fourth-order valence-electron chi connectivity index (χ4n) is 3.31. The minimum atomic E-state index is 0.0149. The van der Waals surface area contributed by atoms with Crippen molar-refractivity contribution >= 4 is 0 Å². The Morgan fingerprint density at radius 3 is 2.89 bits per heavy atom. The molecule has 104 valence electrons. The molecule has 19 heavy (non-hydrogen) atoms. The molecule has 1 aromatic rings. The summed E-state index contributed by atoms with van der Waals surface area (Å²) in [7, 11) is 0. The molecule has 2 aliphatic rings. The topological polar surface area (TPSA) is 57.4 Å². The lowest BCUT2D eigenvalue weighted by Gasteiger charge is -2.44. The molecule has 1 aromatic heterocycles. The van der Waals surface area contributed by atoms with Gasteiger partial charge in [0, 0.05) is 38.3 Å². The van der Waals surface area contributed by atoms with Crippen molar-refractivity contribution in [3.63, 3.8) is 0 Å². The Morgan fingerprint density at radius 2 is 2.16 bits per heavy atom. The maximum absolute atomic E-state index is 6.43. The van der Waals surface area contributed by atoms with Crippen LogP contribution in [-0.2, 0) is 9.47 Å². The van der Waals surface area contributed by atoms with E-state index in [9.17, 15) is 0 Å². The van der Waals surface area contributed by atoms with Gasteiger partial charge in [-0.3, -0.25) is 4.98 Å². The molecule has 4 nitrogen and oxygen atoms in total. The van der Waals surface area contributed by atoms with E-state index in [2.05, 4.69) is 11.1 Å². The summed E-state index contributed by atoms with van der Waals surface area (Å²) >= 11 is 0. The molecule has 2 aliphatic heterocycles. The van der Waals surface area contributed by atoms with Gasteiger partial charge in [-0.2, -0.15) is 0 Å². The zero-order chi connectivity index (χ0) is 13.1. The van der Waals surface area contributed by atoms with Crippen LogP contribution in [0.5, 0.6) is 0 Å². The molecule has 0 radical (unpaired) electrons. The summed E-state index contributed by atoms with van der Waals surface area (Å²) < 4.78 is 11.5. The molecule has 3 heterocycles.